The minimum atomic E-state index is -4.49. The summed E-state index contributed by atoms with van der Waals surface area (Å²) in [6.07, 6.45) is -2.85. The smallest absolute Gasteiger partial charge is 0.433 e. The summed E-state index contributed by atoms with van der Waals surface area (Å²) in [5.74, 6) is 0.208. The number of carbonyl (C=O) groups is 1. The highest BCUT2D eigenvalue weighted by molar-refractivity contribution is 5.69. The number of nitrogens with two attached hydrogens (primary N) is 1. The van der Waals surface area contributed by atoms with Crippen molar-refractivity contribution in [2.75, 3.05) is 6.54 Å². The van der Waals surface area contributed by atoms with Gasteiger partial charge in [-0.3, -0.25) is 0 Å². The third kappa shape index (κ3) is 5.83. The van der Waals surface area contributed by atoms with E-state index in [0.717, 1.165) is 12.5 Å². The predicted octanol–water partition coefficient (Wildman–Crippen LogP) is 4.92. The number of ether oxygens (including phenoxy) is 1. The van der Waals surface area contributed by atoms with Crippen LogP contribution in [0.3, 0.4) is 0 Å². The van der Waals surface area contributed by atoms with Gasteiger partial charge in [0.1, 0.15) is 11.3 Å². The van der Waals surface area contributed by atoms with E-state index in [-0.39, 0.29) is 23.2 Å². The predicted molar refractivity (Wildman–Crippen MR) is 101 cm³/mol. The van der Waals surface area contributed by atoms with Crippen molar-refractivity contribution >= 4 is 6.09 Å². The lowest BCUT2D eigenvalue weighted by atomic mass is 9.91. The maximum Gasteiger partial charge on any atom is 0.433 e. The molecule has 1 aliphatic rings. The molecule has 1 aromatic rings. The standard InChI is InChI=1S/C20H30F3N3O2/c1-18(2,3)28-17(27)26-12-13(11-19(26,4)5)9-10-14(24)15-7-6-8-16(25-15)20(21,22)23/h6-8,13-14H,9-12,24H2,1-5H3/t13-,14?/m0/s1. The van der Waals surface area contributed by atoms with Gasteiger partial charge < -0.3 is 15.4 Å². The van der Waals surface area contributed by atoms with Gasteiger partial charge in [-0.05, 0) is 71.9 Å². The van der Waals surface area contributed by atoms with Crippen molar-refractivity contribution in [2.24, 2.45) is 11.7 Å². The second-order valence-electron chi connectivity index (χ2n) is 9.10. The zero-order valence-corrected chi connectivity index (χ0v) is 17.1. The molecule has 1 fully saturated rings. The molecule has 1 aromatic heterocycles. The molecule has 5 nitrogen and oxygen atoms in total. The summed E-state index contributed by atoms with van der Waals surface area (Å²) in [7, 11) is 0. The van der Waals surface area contributed by atoms with Crippen molar-refractivity contribution in [1.82, 2.24) is 9.88 Å². The number of likely N-dealkylation sites (tertiary alicyclic amines) is 1. The van der Waals surface area contributed by atoms with E-state index in [2.05, 4.69) is 4.98 Å². The van der Waals surface area contributed by atoms with Gasteiger partial charge in [0.05, 0.1) is 5.69 Å². The fourth-order valence-corrected chi connectivity index (χ4v) is 3.60. The molecule has 0 aromatic carbocycles. The summed E-state index contributed by atoms with van der Waals surface area (Å²) in [5.41, 5.74) is 4.49. The molecule has 1 amide bonds. The van der Waals surface area contributed by atoms with E-state index in [1.54, 1.807) is 4.90 Å². The van der Waals surface area contributed by atoms with Crippen LogP contribution in [0.25, 0.3) is 0 Å². The van der Waals surface area contributed by atoms with Crippen molar-refractivity contribution in [3.8, 4) is 0 Å². The first kappa shape index (κ1) is 22.5. The highest BCUT2D eigenvalue weighted by atomic mass is 19.4. The van der Waals surface area contributed by atoms with E-state index in [9.17, 15) is 18.0 Å². The quantitative estimate of drug-likeness (QED) is 0.778. The van der Waals surface area contributed by atoms with Crippen LogP contribution in [-0.4, -0.2) is 33.7 Å². The van der Waals surface area contributed by atoms with Crippen LogP contribution in [0.5, 0.6) is 0 Å². The summed E-state index contributed by atoms with van der Waals surface area (Å²) in [6.45, 7) is 10.0. The second-order valence-corrected chi connectivity index (χ2v) is 9.10. The van der Waals surface area contributed by atoms with Gasteiger partial charge in [0.2, 0.25) is 0 Å². The molecule has 2 heterocycles. The van der Waals surface area contributed by atoms with E-state index in [1.807, 2.05) is 34.6 Å². The van der Waals surface area contributed by atoms with Gasteiger partial charge in [-0.15, -0.1) is 0 Å². The van der Waals surface area contributed by atoms with Crippen LogP contribution in [0.15, 0.2) is 18.2 Å². The summed E-state index contributed by atoms with van der Waals surface area (Å²) in [6, 6.07) is 3.20. The van der Waals surface area contributed by atoms with Crippen LogP contribution >= 0.6 is 0 Å². The maximum atomic E-state index is 12.8. The fourth-order valence-electron chi connectivity index (χ4n) is 3.60. The van der Waals surface area contributed by atoms with E-state index in [0.29, 0.717) is 19.4 Å². The number of amides is 1. The monoisotopic (exact) mass is 401 g/mol. The Kier molecular flexibility index (Phi) is 6.33. The van der Waals surface area contributed by atoms with Crippen LogP contribution < -0.4 is 5.73 Å². The maximum absolute atomic E-state index is 12.8. The third-order valence-corrected chi connectivity index (χ3v) is 4.90. The van der Waals surface area contributed by atoms with E-state index in [4.69, 9.17) is 10.5 Å². The molecule has 8 heteroatoms. The average Bonchev–Trinajstić information content (AvgIpc) is 2.85. The van der Waals surface area contributed by atoms with Crippen LogP contribution in [0.1, 0.15) is 71.3 Å². The van der Waals surface area contributed by atoms with Gasteiger partial charge in [-0.1, -0.05) is 6.07 Å². The number of alkyl halides is 3. The molecule has 1 saturated heterocycles. The number of hydrogen-bond donors (Lipinski definition) is 1. The lowest BCUT2D eigenvalue weighted by Crippen LogP contribution is -2.45. The average molecular weight is 401 g/mol. The number of halogens is 3. The molecule has 0 radical (unpaired) electrons. The molecular weight excluding hydrogens is 371 g/mol. The summed E-state index contributed by atoms with van der Waals surface area (Å²) >= 11 is 0. The number of pyridine rings is 1. The van der Waals surface area contributed by atoms with E-state index >= 15 is 0 Å². The molecular formula is C20H30F3N3O2. The Balaban J connectivity index is 1.97. The summed E-state index contributed by atoms with van der Waals surface area (Å²) in [5, 5.41) is 0. The van der Waals surface area contributed by atoms with Crippen LogP contribution in [0, 0.1) is 5.92 Å². The number of nitrogens with zero attached hydrogens (tertiary/aromatic N) is 2. The van der Waals surface area contributed by atoms with Gasteiger partial charge in [0.15, 0.2) is 0 Å². The van der Waals surface area contributed by atoms with Crippen molar-refractivity contribution in [2.45, 2.75) is 77.2 Å². The van der Waals surface area contributed by atoms with Crippen molar-refractivity contribution in [3.05, 3.63) is 29.6 Å². The van der Waals surface area contributed by atoms with Gasteiger partial charge in [-0.2, -0.15) is 13.2 Å². The Morgan fingerprint density at radius 2 is 2.00 bits per heavy atom. The van der Waals surface area contributed by atoms with Gasteiger partial charge in [0, 0.05) is 18.1 Å². The second kappa shape index (κ2) is 7.89. The normalized spacial score (nSPS) is 20.9. The first-order valence-electron chi connectivity index (χ1n) is 9.49. The Bertz CT molecular complexity index is 699. The molecule has 0 bridgehead atoms. The van der Waals surface area contributed by atoms with E-state index in [1.165, 1.54) is 12.1 Å². The number of carbonyl (C=O) groups excluding carboxylic acids is 1. The molecule has 2 rings (SSSR count). The zero-order valence-electron chi connectivity index (χ0n) is 17.1. The van der Waals surface area contributed by atoms with Gasteiger partial charge in [0.25, 0.3) is 0 Å². The van der Waals surface area contributed by atoms with Crippen molar-refractivity contribution < 1.29 is 22.7 Å². The lowest BCUT2D eigenvalue weighted by molar-refractivity contribution is -0.141. The number of hydrogen-bond acceptors (Lipinski definition) is 4. The van der Waals surface area contributed by atoms with Crippen LogP contribution in [-0.2, 0) is 10.9 Å². The van der Waals surface area contributed by atoms with Crippen molar-refractivity contribution in [1.29, 1.82) is 0 Å². The third-order valence-electron chi connectivity index (χ3n) is 4.90. The fraction of sp³-hybridized carbons (Fsp3) is 0.700. The largest absolute Gasteiger partial charge is 0.444 e. The molecule has 0 spiro atoms. The molecule has 2 atom stereocenters. The Morgan fingerprint density at radius 3 is 2.57 bits per heavy atom. The van der Waals surface area contributed by atoms with E-state index < -0.39 is 23.5 Å². The van der Waals surface area contributed by atoms with Crippen LogP contribution in [0.4, 0.5) is 18.0 Å². The first-order chi connectivity index (χ1) is 12.7. The Morgan fingerprint density at radius 1 is 1.36 bits per heavy atom. The minimum Gasteiger partial charge on any atom is -0.444 e. The molecule has 0 saturated carbocycles. The van der Waals surface area contributed by atoms with Gasteiger partial charge >= 0.3 is 12.3 Å². The molecule has 0 aliphatic carbocycles. The highest BCUT2D eigenvalue weighted by Gasteiger charge is 2.42. The highest BCUT2D eigenvalue weighted by Crippen LogP contribution is 2.37. The molecule has 1 unspecified atom stereocenters. The van der Waals surface area contributed by atoms with Gasteiger partial charge in [-0.25, -0.2) is 9.78 Å². The SMILES string of the molecule is CC(C)(C)OC(=O)N1C[C@@H](CCC(N)c2cccc(C(F)(F)F)n2)CC1(C)C. The minimum absolute atomic E-state index is 0.208. The summed E-state index contributed by atoms with van der Waals surface area (Å²) < 4.78 is 44.0. The molecule has 1 aliphatic heterocycles. The number of aromatic nitrogens is 1. The molecule has 158 valence electrons. The molecule has 28 heavy (non-hydrogen) atoms. The zero-order chi connectivity index (χ0) is 21.3. The number of rotatable bonds is 4. The van der Waals surface area contributed by atoms with Crippen molar-refractivity contribution in [3.63, 3.8) is 0 Å². The topological polar surface area (TPSA) is 68.5 Å². The summed E-state index contributed by atoms with van der Waals surface area (Å²) in [4.78, 5) is 17.9. The first-order valence-corrected chi connectivity index (χ1v) is 9.49. The molecule has 2 N–H and O–H groups in total. The lowest BCUT2D eigenvalue weighted by Gasteiger charge is -2.33. The Hall–Kier alpha value is -1.83. The Labute approximate surface area is 164 Å². The van der Waals surface area contributed by atoms with Crippen LogP contribution in [0.2, 0.25) is 0 Å².